The Hall–Kier alpha value is -2.27. The number of ketones is 1. The van der Waals surface area contributed by atoms with Gasteiger partial charge in [0.25, 0.3) is 10.0 Å². The van der Waals surface area contributed by atoms with E-state index in [1.54, 1.807) is 13.8 Å². The van der Waals surface area contributed by atoms with Gasteiger partial charge in [-0.25, -0.2) is 13.4 Å². The van der Waals surface area contributed by atoms with Gasteiger partial charge in [0.1, 0.15) is 5.82 Å². The summed E-state index contributed by atoms with van der Waals surface area (Å²) in [6, 6.07) is -0.745. The van der Waals surface area contributed by atoms with E-state index in [2.05, 4.69) is 15.3 Å². The highest BCUT2D eigenvalue weighted by Gasteiger charge is 2.33. The summed E-state index contributed by atoms with van der Waals surface area (Å²) < 4.78 is 26.4. The maximum Gasteiger partial charge on any atom is 0.260 e. The smallest absolute Gasteiger partial charge is 0.260 e. The van der Waals surface area contributed by atoms with Crippen LogP contribution in [0.2, 0.25) is 0 Å². The van der Waals surface area contributed by atoms with Gasteiger partial charge in [-0.15, -0.1) is 0 Å². The predicted octanol–water partition coefficient (Wildman–Crippen LogP) is -0.542. The van der Waals surface area contributed by atoms with E-state index in [1.807, 2.05) is 0 Å². The van der Waals surface area contributed by atoms with Gasteiger partial charge in [-0.05, 0) is 26.2 Å². The molecule has 0 bridgehead atoms. The third-order valence-corrected chi connectivity index (χ3v) is 6.30. The number of nitrogens with two attached hydrogens (primary N) is 1. The first-order valence-electron chi connectivity index (χ1n) is 8.74. The van der Waals surface area contributed by atoms with Gasteiger partial charge in [0.05, 0.1) is 18.8 Å². The van der Waals surface area contributed by atoms with Crippen molar-refractivity contribution in [3.8, 4) is 0 Å². The summed E-state index contributed by atoms with van der Waals surface area (Å²) in [5, 5.41) is 2.58. The molecule has 1 unspecified atom stereocenters. The minimum atomic E-state index is -3.85. The Morgan fingerprint density at radius 2 is 2.19 bits per heavy atom. The number of hydrogen-bond acceptors (Lipinski definition) is 6. The summed E-state index contributed by atoms with van der Waals surface area (Å²) in [6.45, 7) is 3.13. The number of hydrogen-bond donors (Lipinski definition) is 3. The Labute approximate surface area is 157 Å². The van der Waals surface area contributed by atoms with Crippen LogP contribution in [0.5, 0.6) is 0 Å². The van der Waals surface area contributed by atoms with E-state index in [0.29, 0.717) is 25.1 Å². The van der Waals surface area contributed by atoms with Crippen molar-refractivity contribution in [1.82, 2.24) is 19.6 Å². The Bertz CT molecular complexity index is 819. The lowest BCUT2D eigenvalue weighted by Crippen LogP contribution is -2.44. The fourth-order valence-electron chi connectivity index (χ4n) is 2.78. The van der Waals surface area contributed by atoms with Gasteiger partial charge in [0.2, 0.25) is 11.8 Å². The van der Waals surface area contributed by atoms with Crippen LogP contribution >= 0.6 is 0 Å². The number of aromatic nitrogens is 2. The van der Waals surface area contributed by atoms with E-state index >= 15 is 0 Å². The first-order chi connectivity index (χ1) is 12.6. The lowest BCUT2D eigenvalue weighted by Gasteiger charge is -2.19. The number of carbonyl (C=O) groups is 3. The highest BCUT2D eigenvalue weighted by atomic mass is 32.2. The van der Waals surface area contributed by atoms with Gasteiger partial charge in [-0.2, -0.15) is 4.31 Å². The van der Waals surface area contributed by atoms with Crippen molar-refractivity contribution in [2.24, 2.45) is 11.7 Å². The molecule has 1 aromatic rings. The van der Waals surface area contributed by atoms with Crippen LogP contribution in [0.15, 0.2) is 11.2 Å². The molecular weight excluding hydrogens is 374 g/mol. The Morgan fingerprint density at radius 3 is 2.78 bits per heavy atom. The molecule has 2 atom stereocenters. The number of carbonyl (C=O) groups excluding carboxylic acids is 3. The number of H-pyrrole nitrogens is 1. The van der Waals surface area contributed by atoms with Crippen molar-refractivity contribution >= 4 is 27.6 Å². The molecule has 0 radical (unpaired) electrons. The van der Waals surface area contributed by atoms with Crippen LogP contribution in [-0.2, 0) is 24.4 Å². The number of primary amides is 1. The molecule has 1 saturated heterocycles. The average Bonchev–Trinajstić information content (AvgIpc) is 2.95. The van der Waals surface area contributed by atoms with Gasteiger partial charge in [-0.1, -0.05) is 6.92 Å². The van der Waals surface area contributed by atoms with Crippen molar-refractivity contribution in [3.63, 3.8) is 0 Å². The largest absolute Gasteiger partial charge is 0.369 e. The molecule has 1 fully saturated rings. The van der Waals surface area contributed by atoms with Crippen molar-refractivity contribution in [2.75, 3.05) is 13.1 Å². The SMILES string of the molecule is Cc1ncc(S(=O)(=O)N2CCC[C@H](NC(=O)CCC(C)C(N)=O)C(=O)C2)[nH]1. The molecule has 4 N–H and O–H groups in total. The van der Waals surface area contributed by atoms with Gasteiger partial charge in [0, 0.05) is 18.9 Å². The summed E-state index contributed by atoms with van der Waals surface area (Å²) in [5.41, 5.74) is 5.16. The molecular formula is C16H25N5O5S. The van der Waals surface area contributed by atoms with E-state index < -0.39 is 27.9 Å². The number of amides is 2. The third kappa shape index (κ3) is 5.36. The zero-order chi connectivity index (χ0) is 20.2. The summed E-state index contributed by atoms with van der Waals surface area (Å²) in [4.78, 5) is 42.1. The molecule has 0 aliphatic carbocycles. The van der Waals surface area contributed by atoms with Crippen LogP contribution in [0.4, 0.5) is 0 Å². The van der Waals surface area contributed by atoms with Gasteiger partial charge in [-0.3, -0.25) is 14.4 Å². The maximum absolute atomic E-state index is 12.6. The van der Waals surface area contributed by atoms with Crippen LogP contribution in [-0.4, -0.2) is 59.4 Å². The molecule has 2 rings (SSSR count). The van der Waals surface area contributed by atoms with Gasteiger partial charge < -0.3 is 16.0 Å². The van der Waals surface area contributed by atoms with Crippen molar-refractivity contribution in [1.29, 1.82) is 0 Å². The number of rotatable bonds is 7. The number of imidazole rings is 1. The lowest BCUT2D eigenvalue weighted by atomic mass is 10.0. The van der Waals surface area contributed by atoms with E-state index in [1.165, 1.54) is 6.20 Å². The number of sulfonamides is 1. The minimum Gasteiger partial charge on any atom is -0.369 e. The highest BCUT2D eigenvalue weighted by molar-refractivity contribution is 7.89. The van der Waals surface area contributed by atoms with E-state index in [0.717, 1.165) is 4.31 Å². The van der Waals surface area contributed by atoms with Gasteiger partial charge in [0.15, 0.2) is 10.8 Å². The van der Waals surface area contributed by atoms with Crippen LogP contribution in [0, 0.1) is 12.8 Å². The summed E-state index contributed by atoms with van der Waals surface area (Å²) in [7, 11) is -3.85. The van der Waals surface area contributed by atoms with Gasteiger partial charge >= 0.3 is 0 Å². The second-order valence-corrected chi connectivity index (χ2v) is 8.65. The topological polar surface area (TPSA) is 155 Å². The normalized spacial score (nSPS) is 20.1. The van der Waals surface area contributed by atoms with Crippen LogP contribution < -0.4 is 11.1 Å². The second kappa shape index (κ2) is 8.61. The van der Waals surface area contributed by atoms with E-state index in [4.69, 9.17) is 5.73 Å². The quantitative estimate of drug-likeness (QED) is 0.559. The molecule has 0 aromatic carbocycles. The number of aromatic amines is 1. The zero-order valence-corrected chi connectivity index (χ0v) is 16.2. The fraction of sp³-hybridized carbons (Fsp3) is 0.625. The monoisotopic (exact) mass is 399 g/mol. The third-order valence-electron chi connectivity index (χ3n) is 4.54. The Morgan fingerprint density at radius 1 is 1.48 bits per heavy atom. The molecule has 0 saturated carbocycles. The molecule has 150 valence electrons. The van der Waals surface area contributed by atoms with Crippen molar-refractivity contribution in [2.45, 2.75) is 50.6 Å². The van der Waals surface area contributed by atoms with E-state index in [9.17, 15) is 22.8 Å². The first kappa shape index (κ1) is 21.0. The highest BCUT2D eigenvalue weighted by Crippen LogP contribution is 2.18. The zero-order valence-electron chi connectivity index (χ0n) is 15.4. The number of aryl methyl sites for hydroxylation is 1. The molecule has 2 amide bonds. The number of nitrogens with zero attached hydrogens (tertiary/aromatic N) is 2. The summed E-state index contributed by atoms with van der Waals surface area (Å²) >= 11 is 0. The molecule has 1 aliphatic rings. The predicted molar refractivity (Wildman–Crippen MR) is 95.8 cm³/mol. The maximum atomic E-state index is 12.6. The number of Topliss-reactive ketones (excluding diaryl/α,β-unsaturated/α-hetero) is 1. The molecule has 10 nitrogen and oxygen atoms in total. The molecule has 2 heterocycles. The average molecular weight is 399 g/mol. The summed E-state index contributed by atoms with van der Waals surface area (Å²) in [6.07, 6.45) is 2.37. The van der Waals surface area contributed by atoms with Crippen molar-refractivity contribution < 1.29 is 22.8 Å². The number of nitrogens with one attached hydrogen (secondary N) is 2. The van der Waals surface area contributed by atoms with Crippen molar-refractivity contribution in [3.05, 3.63) is 12.0 Å². The molecule has 1 aromatic heterocycles. The fourth-order valence-corrected chi connectivity index (χ4v) is 4.19. The second-order valence-electron chi connectivity index (χ2n) is 6.74. The Balaban J connectivity index is 1.97. The Kier molecular flexibility index (Phi) is 6.71. The minimum absolute atomic E-state index is 0.0595. The van der Waals surface area contributed by atoms with E-state index in [-0.39, 0.29) is 36.2 Å². The first-order valence-corrected chi connectivity index (χ1v) is 10.2. The van der Waals surface area contributed by atoms with Crippen LogP contribution in [0.25, 0.3) is 0 Å². The molecule has 0 spiro atoms. The molecule has 11 heteroatoms. The summed E-state index contributed by atoms with van der Waals surface area (Å²) in [5.74, 6) is -1.18. The standard InChI is InChI=1S/C16H25N5O5S/c1-10(16(17)24)5-6-14(23)20-12-4-3-7-21(9-13(12)22)27(25,26)15-8-18-11(2)19-15/h8,10,12H,3-7,9H2,1-2H3,(H2,17,24)(H,18,19)(H,20,23)/t10?,12-/m0/s1. The molecule has 1 aliphatic heterocycles. The van der Waals surface area contributed by atoms with Crippen LogP contribution in [0.1, 0.15) is 38.4 Å². The molecule has 27 heavy (non-hydrogen) atoms. The lowest BCUT2D eigenvalue weighted by molar-refractivity contribution is -0.128. The van der Waals surface area contributed by atoms with Crippen LogP contribution in [0.3, 0.4) is 0 Å².